The van der Waals surface area contributed by atoms with Gasteiger partial charge < -0.3 is 10.6 Å². The van der Waals surface area contributed by atoms with E-state index >= 15 is 0 Å². The minimum Gasteiger partial charge on any atom is -0.389 e. The fourth-order valence-corrected chi connectivity index (χ4v) is 2.09. The summed E-state index contributed by atoms with van der Waals surface area (Å²) < 4.78 is 0. The molecule has 0 aromatic carbocycles. The van der Waals surface area contributed by atoms with E-state index in [0.717, 1.165) is 35.6 Å². The molecule has 88 valence electrons. The van der Waals surface area contributed by atoms with Gasteiger partial charge in [-0.15, -0.1) is 0 Å². The van der Waals surface area contributed by atoms with E-state index in [9.17, 15) is 0 Å². The molecule has 2 N–H and O–H groups in total. The third kappa shape index (κ3) is 2.70. The molecule has 0 saturated heterocycles. The number of aryl methyl sites for hydroxylation is 2. The van der Waals surface area contributed by atoms with E-state index in [1.165, 1.54) is 0 Å². The highest BCUT2D eigenvalue weighted by Gasteiger charge is 2.14. The number of hydrogen-bond acceptors (Lipinski definition) is 3. The second kappa shape index (κ2) is 5.25. The molecule has 1 rings (SSSR count). The van der Waals surface area contributed by atoms with Gasteiger partial charge in [-0.1, -0.05) is 19.1 Å². The van der Waals surface area contributed by atoms with Crippen molar-refractivity contribution in [3.05, 3.63) is 22.9 Å². The van der Waals surface area contributed by atoms with Crippen LogP contribution >= 0.6 is 12.2 Å². The summed E-state index contributed by atoms with van der Waals surface area (Å²) >= 11 is 5.09. The third-order valence-electron chi connectivity index (χ3n) is 2.49. The van der Waals surface area contributed by atoms with Gasteiger partial charge >= 0.3 is 0 Å². The number of nitrogens with two attached hydrogens (primary N) is 1. The smallest absolute Gasteiger partial charge is 0.139 e. The molecule has 0 spiro atoms. The van der Waals surface area contributed by atoms with Crippen molar-refractivity contribution in [1.82, 2.24) is 4.98 Å². The first-order valence-corrected chi connectivity index (χ1v) is 5.87. The van der Waals surface area contributed by atoms with Gasteiger partial charge in [-0.2, -0.15) is 0 Å². The maximum absolute atomic E-state index is 5.76. The summed E-state index contributed by atoms with van der Waals surface area (Å²) in [5, 5.41) is 0. The molecule has 0 saturated carbocycles. The van der Waals surface area contributed by atoms with Crippen LogP contribution in [0.3, 0.4) is 0 Å². The quantitative estimate of drug-likeness (QED) is 0.815. The zero-order valence-corrected chi connectivity index (χ0v) is 11.2. The average molecular weight is 237 g/mol. The molecule has 16 heavy (non-hydrogen) atoms. The molecular formula is C12H19N3S. The molecule has 0 amide bonds. The van der Waals surface area contributed by atoms with Crippen LogP contribution in [0.15, 0.2) is 6.07 Å². The molecule has 3 nitrogen and oxygen atoms in total. The molecule has 0 aliphatic rings. The number of thiocarbonyl (C=S) groups is 1. The molecule has 0 aliphatic heterocycles. The van der Waals surface area contributed by atoms with Crippen LogP contribution in [0.2, 0.25) is 0 Å². The molecule has 1 aromatic heterocycles. The standard InChI is InChI=1S/C12H19N3S/c1-5-6-15(4)12-10(11(13)16)8(2)7-9(3)14-12/h7H,5-6H2,1-4H3,(H2,13,16). The fourth-order valence-electron chi connectivity index (χ4n) is 1.84. The molecule has 4 heteroatoms. The Morgan fingerprint density at radius 3 is 2.62 bits per heavy atom. The number of anilines is 1. The lowest BCUT2D eigenvalue weighted by Gasteiger charge is -2.22. The molecule has 1 heterocycles. The lowest BCUT2D eigenvalue weighted by Crippen LogP contribution is -2.25. The van der Waals surface area contributed by atoms with Gasteiger partial charge in [0.15, 0.2) is 0 Å². The van der Waals surface area contributed by atoms with Crippen molar-refractivity contribution in [2.45, 2.75) is 27.2 Å². The molecule has 0 atom stereocenters. The Bertz CT molecular complexity index is 401. The Morgan fingerprint density at radius 1 is 1.50 bits per heavy atom. The molecule has 0 radical (unpaired) electrons. The highest BCUT2D eigenvalue weighted by molar-refractivity contribution is 7.80. The zero-order chi connectivity index (χ0) is 12.3. The summed E-state index contributed by atoms with van der Waals surface area (Å²) in [6.45, 7) is 7.09. The van der Waals surface area contributed by atoms with Gasteiger partial charge in [-0.3, -0.25) is 0 Å². The summed E-state index contributed by atoms with van der Waals surface area (Å²) in [4.78, 5) is 7.06. The van der Waals surface area contributed by atoms with Crippen LogP contribution in [0.5, 0.6) is 0 Å². The first-order chi connectivity index (χ1) is 7.47. The van der Waals surface area contributed by atoms with Crippen molar-refractivity contribution in [3.8, 4) is 0 Å². The van der Waals surface area contributed by atoms with Crippen LogP contribution in [-0.4, -0.2) is 23.6 Å². The predicted molar refractivity (Wildman–Crippen MR) is 73.2 cm³/mol. The SMILES string of the molecule is CCCN(C)c1nc(C)cc(C)c1C(N)=S. The maximum Gasteiger partial charge on any atom is 0.139 e. The van der Waals surface area contributed by atoms with Gasteiger partial charge in [-0.05, 0) is 31.9 Å². The summed E-state index contributed by atoms with van der Waals surface area (Å²) in [7, 11) is 2.02. The monoisotopic (exact) mass is 237 g/mol. The Kier molecular flexibility index (Phi) is 4.24. The van der Waals surface area contributed by atoms with Gasteiger partial charge in [0.2, 0.25) is 0 Å². The van der Waals surface area contributed by atoms with Crippen LogP contribution < -0.4 is 10.6 Å². The van der Waals surface area contributed by atoms with Crippen LogP contribution in [0.1, 0.15) is 30.2 Å². The number of rotatable bonds is 4. The van der Waals surface area contributed by atoms with E-state index < -0.39 is 0 Å². The van der Waals surface area contributed by atoms with Crippen molar-refractivity contribution in [2.75, 3.05) is 18.5 Å². The Hall–Kier alpha value is -1.16. The molecule has 0 bridgehead atoms. The molecule has 1 aromatic rings. The van der Waals surface area contributed by atoms with Crippen molar-refractivity contribution < 1.29 is 0 Å². The molecule has 0 fully saturated rings. The number of hydrogen-bond donors (Lipinski definition) is 1. The zero-order valence-electron chi connectivity index (χ0n) is 10.4. The fraction of sp³-hybridized carbons (Fsp3) is 0.500. The minimum atomic E-state index is 0.419. The molecule has 0 unspecified atom stereocenters. The minimum absolute atomic E-state index is 0.419. The van der Waals surface area contributed by atoms with E-state index in [1.54, 1.807) is 0 Å². The summed E-state index contributed by atoms with van der Waals surface area (Å²) in [6, 6.07) is 2.01. The first-order valence-electron chi connectivity index (χ1n) is 5.46. The highest BCUT2D eigenvalue weighted by Crippen LogP contribution is 2.21. The summed E-state index contributed by atoms with van der Waals surface area (Å²) in [5.74, 6) is 0.895. The highest BCUT2D eigenvalue weighted by atomic mass is 32.1. The van der Waals surface area contributed by atoms with Crippen LogP contribution in [0.25, 0.3) is 0 Å². The third-order valence-corrected chi connectivity index (χ3v) is 2.70. The van der Waals surface area contributed by atoms with Gasteiger partial charge in [0.25, 0.3) is 0 Å². The van der Waals surface area contributed by atoms with Gasteiger partial charge in [0.05, 0.1) is 5.56 Å². The molecule has 0 aliphatic carbocycles. The molecular weight excluding hydrogens is 218 g/mol. The average Bonchev–Trinajstić information content (AvgIpc) is 2.15. The topological polar surface area (TPSA) is 42.2 Å². The first kappa shape index (κ1) is 12.9. The second-order valence-corrected chi connectivity index (χ2v) is 4.50. The number of pyridine rings is 1. The van der Waals surface area contributed by atoms with Crippen molar-refractivity contribution in [1.29, 1.82) is 0 Å². The van der Waals surface area contributed by atoms with Gasteiger partial charge in [0.1, 0.15) is 10.8 Å². The van der Waals surface area contributed by atoms with Gasteiger partial charge in [-0.25, -0.2) is 4.98 Å². The van der Waals surface area contributed by atoms with E-state index in [0.29, 0.717) is 4.99 Å². The van der Waals surface area contributed by atoms with E-state index in [4.69, 9.17) is 18.0 Å². The Labute approximate surface area is 103 Å². The van der Waals surface area contributed by atoms with Crippen LogP contribution in [-0.2, 0) is 0 Å². The summed E-state index contributed by atoms with van der Waals surface area (Å²) in [6.07, 6.45) is 1.07. The largest absolute Gasteiger partial charge is 0.389 e. The van der Waals surface area contributed by atoms with Crippen molar-refractivity contribution in [3.63, 3.8) is 0 Å². The number of aromatic nitrogens is 1. The van der Waals surface area contributed by atoms with Gasteiger partial charge in [0, 0.05) is 19.3 Å². The van der Waals surface area contributed by atoms with Crippen molar-refractivity contribution >= 4 is 23.0 Å². The normalized spacial score (nSPS) is 10.2. The lowest BCUT2D eigenvalue weighted by atomic mass is 10.1. The summed E-state index contributed by atoms with van der Waals surface area (Å²) in [5.41, 5.74) is 8.75. The van der Waals surface area contributed by atoms with Crippen LogP contribution in [0, 0.1) is 13.8 Å². The van der Waals surface area contributed by atoms with E-state index in [2.05, 4.69) is 16.8 Å². The van der Waals surface area contributed by atoms with Crippen LogP contribution in [0.4, 0.5) is 5.82 Å². The van der Waals surface area contributed by atoms with Crippen molar-refractivity contribution in [2.24, 2.45) is 5.73 Å². The number of nitrogens with zero attached hydrogens (tertiary/aromatic N) is 2. The lowest BCUT2D eigenvalue weighted by molar-refractivity contribution is 0.833. The predicted octanol–water partition coefficient (Wildman–Crippen LogP) is 2.18. The Morgan fingerprint density at radius 2 is 2.12 bits per heavy atom. The maximum atomic E-state index is 5.76. The Balaban J connectivity index is 3.29. The second-order valence-electron chi connectivity index (χ2n) is 4.06. The van der Waals surface area contributed by atoms with E-state index in [-0.39, 0.29) is 0 Å². The van der Waals surface area contributed by atoms with E-state index in [1.807, 2.05) is 27.0 Å².